The van der Waals surface area contributed by atoms with E-state index in [1.807, 2.05) is 22.4 Å². The summed E-state index contributed by atoms with van der Waals surface area (Å²) in [6.45, 7) is 3.87. The quantitative estimate of drug-likeness (QED) is 0.923. The summed E-state index contributed by atoms with van der Waals surface area (Å²) in [6.07, 6.45) is 0.959. The summed E-state index contributed by atoms with van der Waals surface area (Å²) in [6, 6.07) is 3.92. The molecule has 116 valence electrons. The number of hydrogen-bond acceptors (Lipinski definition) is 6. The monoisotopic (exact) mass is 318 g/mol. The minimum atomic E-state index is 0.199. The van der Waals surface area contributed by atoms with Crippen molar-refractivity contribution in [2.24, 2.45) is 11.8 Å². The van der Waals surface area contributed by atoms with Gasteiger partial charge in [0.1, 0.15) is 0 Å². The summed E-state index contributed by atoms with van der Waals surface area (Å²) in [5.41, 5.74) is 0. The highest BCUT2D eigenvalue weighted by molar-refractivity contribution is 7.13. The zero-order valence-corrected chi connectivity index (χ0v) is 13.0. The Labute approximate surface area is 132 Å². The van der Waals surface area contributed by atoms with Crippen molar-refractivity contribution in [3.8, 4) is 10.7 Å². The molecule has 6 nitrogen and oxygen atoms in total. The zero-order chi connectivity index (χ0) is 14.9. The SMILES string of the molecule is O=C(CCc1nc(-c2cccs2)no1)N1C[C@H]2CNC[C@H]2C1. The van der Waals surface area contributed by atoms with Crippen molar-refractivity contribution < 1.29 is 9.32 Å². The molecule has 2 aliphatic rings. The second kappa shape index (κ2) is 5.81. The van der Waals surface area contributed by atoms with Gasteiger partial charge in [-0.05, 0) is 23.3 Å². The fourth-order valence-electron chi connectivity index (χ4n) is 3.29. The number of carbonyl (C=O) groups is 1. The van der Waals surface area contributed by atoms with Gasteiger partial charge in [-0.25, -0.2) is 0 Å². The van der Waals surface area contributed by atoms with Crippen LogP contribution < -0.4 is 5.32 Å². The van der Waals surface area contributed by atoms with Crippen LogP contribution in [0.5, 0.6) is 0 Å². The maximum Gasteiger partial charge on any atom is 0.227 e. The van der Waals surface area contributed by atoms with Gasteiger partial charge in [-0.2, -0.15) is 4.98 Å². The maximum atomic E-state index is 12.3. The van der Waals surface area contributed by atoms with Gasteiger partial charge in [0.2, 0.25) is 17.6 Å². The predicted octanol–water partition coefficient (Wildman–Crippen LogP) is 1.41. The molecule has 0 aromatic carbocycles. The highest BCUT2D eigenvalue weighted by Gasteiger charge is 2.37. The molecule has 22 heavy (non-hydrogen) atoms. The summed E-state index contributed by atoms with van der Waals surface area (Å²) in [7, 11) is 0. The first-order valence-electron chi connectivity index (χ1n) is 7.64. The molecule has 4 heterocycles. The molecule has 1 amide bonds. The molecule has 2 aliphatic heterocycles. The molecule has 2 aromatic rings. The van der Waals surface area contributed by atoms with E-state index < -0.39 is 0 Å². The molecule has 0 radical (unpaired) electrons. The number of hydrogen-bond donors (Lipinski definition) is 1. The van der Waals surface area contributed by atoms with E-state index in [2.05, 4.69) is 15.5 Å². The first-order chi connectivity index (χ1) is 10.8. The fraction of sp³-hybridized carbons (Fsp3) is 0.533. The average molecular weight is 318 g/mol. The van der Waals surface area contributed by atoms with Gasteiger partial charge in [-0.15, -0.1) is 11.3 Å². The fourth-order valence-corrected chi connectivity index (χ4v) is 3.94. The largest absolute Gasteiger partial charge is 0.342 e. The maximum absolute atomic E-state index is 12.3. The van der Waals surface area contributed by atoms with Crippen molar-refractivity contribution in [1.29, 1.82) is 0 Å². The molecule has 0 unspecified atom stereocenters. The highest BCUT2D eigenvalue weighted by Crippen LogP contribution is 2.27. The van der Waals surface area contributed by atoms with Crippen molar-refractivity contribution in [2.75, 3.05) is 26.2 Å². The predicted molar refractivity (Wildman–Crippen MR) is 82.4 cm³/mol. The third kappa shape index (κ3) is 2.66. The first-order valence-corrected chi connectivity index (χ1v) is 8.52. The number of nitrogens with one attached hydrogen (secondary N) is 1. The Bertz CT molecular complexity index is 642. The van der Waals surface area contributed by atoms with Gasteiger partial charge in [0, 0.05) is 39.0 Å². The van der Waals surface area contributed by atoms with E-state index in [9.17, 15) is 4.79 Å². The van der Waals surface area contributed by atoms with Crippen LogP contribution >= 0.6 is 11.3 Å². The summed E-state index contributed by atoms with van der Waals surface area (Å²) in [5.74, 6) is 2.62. The molecule has 0 aliphatic carbocycles. The normalized spacial score (nSPS) is 23.9. The Morgan fingerprint density at radius 3 is 2.95 bits per heavy atom. The van der Waals surface area contributed by atoms with Crippen molar-refractivity contribution in [2.45, 2.75) is 12.8 Å². The lowest BCUT2D eigenvalue weighted by Crippen LogP contribution is -2.32. The van der Waals surface area contributed by atoms with E-state index in [1.54, 1.807) is 11.3 Å². The number of carbonyl (C=O) groups excluding carboxylic acids is 1. The average Bonchev–Trinajstić information content (AvgIpc) is 3.26. The third-order valence-corrected chi connectivity index (χ3v) is 5.37. The molecule has 7 heteroatoms. The topological polar surface area (TPSA) is 71.3 Å². The Morgan fingerprint density at radius 1 is 1.41 bits per heavy atom. The minimum Gasteiger partial charge on any atom is -0.342 e. The minimum absolute atomic E-state index is 0.199. The van der Waals surface area contributed by atoms with Gasteiger partial charge in [-0.1, -0.05) is 11.2 Å². The summed E-state index contributed by atoms with van der Waals surface area (Å²) in [5, 5.41) is 9.34. The molecule has 2 saturated heterocycles. The van der Waals surface area contributed by atoms with Gasteiger partial charge < -0.3 is 14.7 Å². The molecular formula is C15H18N4O2S. The van der Waals surface area contributed by atoms with Crippen LogP contribution in [-0.2, 0) is 11.2 Å². The van der Waals surface area contributed by atoms with E-state index in [4.69, 9.17) is 4.52 Å². The standard InChI is InChI=1S/C15H18N4O2S/c20-14(19-8-10-6-16-7-11(10)9-19)4-3-13-17-15(18-21-13)12-2-1-5-22-12/h1-2,5,10-11,16H,3-4,6-9H2/t10-,11+. The van der Waals surface area contributed by atoms with Crippen LogP contribution in [0.2, 0.25) is 0 Å². The molecule has 0 saturated carbocycles. The van der Waals surface area contributed by atoms with Gasteiger partial charge in [0.25, 0.3) is 0 Å². The number of likely N-dealkylation sites (tertiary alicyclic amines) is 1. The number of fused-ring (bicyclic) bond motifs is 1. The molecule has 0 bridgehead atoms. The summed E-state index contributed by atoms with van der Waals surface area (Å²) in [4.78, 5) is 19.6. The molecule has 2 atom stereocenters. The lowest BCUT2D eigenvalue weighted by molar-refractivity contribution is -0.130. The smallest absolute Gasteiger partial charge is 0.227 e. The van der Waals surface area contributed by atoms with Crippen molar-refractivity contribution >= 4 is 17.2 Å². The van der Waals surface area contributed by atoms with Crippen LogP contribution in [0.1, 0.15) is 12.3 Å². The Balaban J connectivity index is 1.32. The number of rotatable bonds is 4. The summed E-state index contributed by atoms with van der Waals surface area (Å²) < 4.78 is 5.24. The van der Waals surface area contributed by atoms with Crippen molar-refractivity contribution in [3.05, 3.63) is 23.4 Å². The lowest BCUT2D eigenvalue weighted by Gasteiger charge is -2.16. The van der Waals surface area contributed by atoms with E-state index in [0.29, 0.717) is 36.4 Å². The second-order valence-corrected chi connectivity index (χ2v) is 6.91. The van der Waals surface area contributed by atoms with Gasteiger partial charge >= 0.3 is 0 Å². The van der Waals surface area contributed by atoms with Crippen LogP contribution in [-0.4, -0.2) is 47.1 Å². The van der Waals surface area contributed by atoms with Crippen LogP contribution in [0.4, 0.5) is 0 Å². The first kappa shape index (κ1) is 13.9. The number of aryl methyl sites for hydroxylation is 1. The Morgan fingerprint density at radius 2 is 2.23 bits per heavy atom. The Hall–Kier alpha value is -1.73. The number of nitrogens with zero attached hydrogens (tertiary/aromatic N) is 3. The van der Waals surface area contributed by atoms with Gasteiger partial charge in [-0.3, -0.25) is 4.79 Å². The number of aromatic nitrogens is 2. The highest BCUT2D eigenvalue weighted by atomic mass is 32.1. The van der Waals surface area contributed by atoms with Crippen LogP contribution in [0.25, 0.3) is 10.7 Å². The Kier molecular flexibility index (Phi) is 3.67. The molecule has 0 spiro atoms. The molecular weight excluding hydrogens is 300 g/mol. The molecule has 2 fully saturated rings. The third-order valence-electron chi connectivity index (χ3n) is 4.50. The van der Waals surface area contributed by atoms with E-state index in [-0.39, 0.29) is 5.91 Å². The summed E-state index contributed by atoms with van der Waals surface area (Å²) >= 11 is 1.58. The molecule has 1 N–H and O–H groups in total. The second-order valence-electron chi connectivity index (χ2n) is 5.97. The van der Waals surface area contributed by atoms with E-state index >= 15 is 0 Å². The molecule has 2 aromatic heterocycles. The lowest BCUT2D eigenvalue weighted by atomic mass is 10.0. The zero-order valence-electron chi connectivity index (χ0n) is 12.2. The molecule has 4 rings (SSSR count). The van der Waals surface area contributed by atoms with Gasteiger partial charge in [0.15, 0.2) is 0 Å². The van der Waals surface area contributed by atoms with Crippen LogP contribution in [0, 0.1) is 11.8 Å². The van der Waals surface area contributed by atoms with Crippen molar-refractivity contribution in [1.82, 2.24) is 20.4 Å². The van der Waals surface area contributed by atoms with Gasteiger partial charge in [0.05, 0.1) is 4.88 Å². The number of thiophene rings is 1. The van der Waals surface area contributed by atoms with E-state index in [1.165, 1.54) is 0 Å². The van der Waals surface area contributed by atoms with E-state index in [0.717, 1.165) is 31.1 Å². The van der Waals surface area contributed by atoms with Crippen molar-refractivity contribution in [3.63, 3.8) is 0 Å². The van der Waals surface area contributed by atoms with Crippen LogP contribution in [0.15, 0.2) is 22.0 Å². The number of amides is 1. The van der Waals surface area contributed by atoms with Crippen LogP contribution in [0.3, 0.4) is 0 Å².